The van der Waals surface area contributed by atoms with Gasteiger partial charge in [-0.2, -0.15) is 0 Å². The number of pyridine rings is 2. The minimum absolute atomic E-state index is 0.130. The molecule has 2 rings (SSSR count). The lowest BCUT2D eigenvalue weighted by Crippen LogP contribution is -1.98. The molecule has 0 aliphatic rings. The SMILES string of the molecule is Cc1ccnc(-c2cc(CCC(=O)O)ccn2)c1. The highest BCUT2D eigenvalue weighted by Gasteiger charge is 2.04. The molecule has 0 aliphatic heterocycles. The van der Waals surface area contributed by atoms with E-state index in [1.165, 1.54) is 0 Å². The van der Waals surface area contributed by atoms with Gasteiger partial charge in [0.2, 0.25) is 0 Å². The summed E-state index contributed by atoms with van der Waals surface area (Å²) in [7, 11) is 0. The van der Waals surface area contributed by atoms with E-state index >= 15 is 0 Å². The molecule has 0 spiro atoms. The Morgan fingerprint density at radius 2 is 1.83 bits per heavy atom. The van der Waals surface area contributed by atoms with Crippen LogP contribution in [0.15, 0.2) is 36.7 Å². The van der Waals surface area contributed by atoms with Crippen molar-refractivity contribution in [2.75, 3.05) is 0 Å². The Labute approximate surface area is 105 Å². The highest BCUT2D eigenvalue weighted by atomic mass is 16.4. The molecule has 92 valence electrons. The highest BCUT2D eigenvalue weighted by Crippen LogP contribution is 2.17. The second kappa shape index (κ2) is 5.40. The van der Waals surface area contributed by atoms with E-state index in [9.17, 15) is 4.79 Å². The summed E-state index contributed by atoms with van der Waals surface area (Å²) in [5.41, 5.74) is 3.68. The standard InChI is InChI=1S/C14H14N2O2/c1-10-4-6-15-12(8-10)13-9-11(5-7-16-13)2-3-14(17)18/h4-9H,2-3H2,1H3,(H,17,18). The van der Waals surface area contributed by atoms with Gasteiger partial charge in [-0.25, -0.2) is 0 Å². The van der Waals surface area contributed by atoms with Crippen LogP contribution >= 0.6 is 0 Å². The van der Waals surface area contributed by atoms with Crippen LogP contribution in [0.25, 0.3) is 11.4 Å². The van der Waals surface area contributed by atoms with Crippen molar-refractivity contribution in [2.45, 2.75) is 19.8 Å². The maximum absolute atomic E-state index is 10.5. The van der Waals surface area contributed by atoms with Gasteiger partial charge in [0.05, 0.1) is 11.4 Å². The van der Waals surface area contributed by atoms with Crippen molar-refractivity contribution in [3.05, 3.63) is 47.8 Å². The highest BCUT2D eigenvalue weighted by molar-refractivity contribution is 5.67. The maximum atomic E-state index is 10.5. The fraction of sp³-hybridized carbons (Fsp3) is 0.214. The molecule has 0 aromatic carbocycles. The Balaban J connectivity index is 2.24. The largest absolute Gasteiger partial charge is 0.481 e. The summed E-state index contributed by atoms with van der Waals surface area (Å²) in [4.78, 5) is 19.1. The summed E-state index contributed by atoms with van der Waals surface area (Å²) in [6.07, 6.45) is 4.08. The molecular weight excluding hydrogens is 228 g/mol. The number of aliphatic carboxylic acids is 1. The van der Waals surface area contributed by atoms with Gasteiger partial charge >= 0.3 is 5.97 Å². The third kappa shape index (κ3) is 3.13. The lowest BCUT2D eigenvalue weighted by molar-refractivity contribution is -0.136. The van der Waals surface area contributed by atoms with E-state index in [1.54, 1.807) is 12.4 Å². The molecule has 0 fully saturated rings. The van der Waals surface area contributed by atoms with E-state index in [-0.39, 0.29) is 6.42 Å². The smallest absolute Gasteiger partial charge is 0.303 e. The first-order valence-electron chi connectivity index (χ1n) is 5.75. The van der Waals surface area contributed by atoms with Gasteiger partial charge in [-0.1, -0.05) is 0 Å². The van der Waals surface area contributed by atoms with E-state index in [2.05, 4.69) is 9.97 Å². The van der Waals surface area contributed by atoms with Crippen LogP contribution in [0.2, 0.25) is 0 Å². The van der Waals surface area contributed by atoms with Crippen LogP contribution < -0.4 is 0 Å². The quantitative estimate of drug-likeness (QED) is 0.894. The van der Waals surface area contributed by atoms with Gasteiger partial charge in [0.15, 0.2) is 0 Å². The Morgan fingerprint density at radius 3 is 2.50 bits per heavy atom. The summed E-state index contributed by atoms with van der Waals surface area (Å²) in [6, 6.07) is 7.62. The van der Waals surface area contributed by atoms with E-state index < -0.39 is 5.97 Å². The van der Waals surface area contributed by atoms with E-state index in [4.69, 9.17) is 5.11 Å². The van der Waals surface area contributed by atoms with Crippen LogP contribution in [-0.4, -0.2) is 21.0 Å². The van der Waals surface area contributed by atoms with Crippen LogP contribution in [0.1, 0.15) is 17.5 Å². The first-order valence-corrected chi connectivity index (χ1v) is 5.75. The number of hydrogen-bond donors (Lipinski definition) is 1. The Bertz CT molecular complexity index is 567. The molecule has 2 heterocycles. The first-order chi connectivity index (χ1) is 8.65. The average Bonchev–Trinajstić information content (AvgIpc) is 2.37. The van der Waals surface area contributed by atoms with Crippen LogP contribution in [0, 0.1) is 6.92 Å². The molecular formula is C14H14N2O2. The number of carboxylic acids is 1. The summed E-state index contributed by atoms with van der Waals surface area (Å²) < 4.78 is 0. The number of aromatic nitrogens is 2. The maximum Gasteiger partial charge on any atom is 0.303 e. The molecule has 18 heavy (non-hydrogen) atoms. The monoisotopic (exact) mass is 242 g/mol. The zero-order chi connectivity index (χ0) is 13.0. The van der Waals surface area contributed by atoms with Gasteiger partial charge in [0, 0.05) is 18.8 Å². The number of hydrogen-bond acceptors (Lipinski definition) is 3. The van der Waals surface area contributed by atoms with Crippen molar-refractivity contribution in [1.82, 2.24) is 9.97 Å². The second-order valence-corrected chi connectivity index (χ2v) is 4.16. The number of nitrogens with zero attached hydrogens (tertiary/aromatic N) is 2. The minimum atomic E-state index is -0.790. The van der Waals surface area contributed by atoms with Crippen LogP contribution in [-0.2, 0) is 11.2 Å². The molecule has 0 bridgehead atoms. The molecule has 0 saturated carbocycles. The number of carboxylic acid groups (broad SMARTS) is 1. The topological polar surface area (TPSA) is 63.1 Å². The number of rotatable bonds is 4. The molecule has 0 saturated heterocycles. The molecule has 0 atom stereocenters. The van der Waals surface area contributed by atoms with Crippen molar-refractivity contribution >= 4 is 5.97 Å². The molecule has 1 N–H and O–H groups in total. The Kier molecular flexibility index (Phi) is 3.67. The fourth-order valence-electron chi connectivity index (χ4n) is 1.70. The van der Waals surface area contributed by atoms with E-state index in [0.717, 1.165) is 22.5 Å². The summed E-state index contributed by atoms with van der Waals surface area (Å²) >= 11 is 0. The van der Waals surface area contributed by atoms with E-state index in [0.29, 0.717) is 6.42 Å². The molecule has 4 nitrogen and oxygen atoms in total. The normalized spacial score (nSPS) is 10.3. The van der Waals surface area contributed by atoms with Crippen LogP contribution in [0.5, 0.6) is 0 Å². The molecule has 0 amide bonds. The molecule has 2 aromatic rings. The van der Waals surface area contributed by atoms with Gasteiger partial charge < -0.3 is 5.11 Å². The van der Waals surface area contributed by atoms with Crippen molar-refractivity contribution < 1.29 is 9.90 Å². The summed E-state index contributed by atoms with van der Waals surface area (Å²) in [6.45, 7) is 2.00. The van der Waals surface area contributed by atoms with Gasteiger partial charge in [-0.3, -0.25) is 14.8 Å². The third-order valence-corrected chi connectivity index (χ3v) is 2.63. The third-order valence-electron chi connectivity index (χ3n) is 2.63. The zero-order valence-electron chi connectivity index (χ0n) is 10.1. The van der Waals surface area contributed by atoms with Gasteiger partial charge in [-0.15, -0.1) is 0 Å². The Hall–Kier alpha value is -2.23. The first kappa shape index (κ1) is 12.2. The van der Waals surface area contributed by atoms with Crippen molar-refractivity contribution in [1.29, 1.82) is 0 Å². The summed E-state index contributed by atoms with van der Waals surface area (Å²) in [5.74, 6) is -0.790. The van der Waals surface area contributed by atoms with Crippen molar-refractivity contribution in [2.24, 2.45) is 0 Å². The molecule has 0 radical (unpaired) electrons. The fourth-order valence-corrected chi connectivity index (χ4v) is 1.70. The van der Waals surface area contributed by atoms with Gasteiger partial charge in [0.1, 0.15) is 0 Å². The Morgan fingerprint density at radius 1 is 1.17 bits per heavy atom. The number of aryl methyl sites for hydroxylation is 2. The van der Waals surface area contributed by atoms with Gasteiger partial charge in [0.25, 0.3) is 0 Å². The van der Waals surface area contributed by atoms with Crippen molar-refractivity contribution in [3.8, 4) is 11.4 Å². The second-order valence-electron chi connectivity index (χ2n) is 4.16. The minimum Gasteiger partial charge on any atom is -0.481 e. The molecule has 0 aliphatic carbocycles. The van der Waals surface area contributed by atoms with E-state index in [1.807, 2.05) is 31.2 Å². The van der Waals surface area contributed by atoms with Gasteiger partial charge in [-0.05, 0) is 48.7 Å². The molecule has 2 aromatic heterocycles. The molecule has 4 heteroatoms. The number of carbonyl (C=O) groups is 1. The predicted octanol–water partition coefficient (Wildman–Crippen LogP) is 2.47. The van der Waals surface area contributed by atoms with Crippen LogP contribution in [0.4, 0.5) is 0 Å². The lowest BCUT2D eigenvalue weighted by Gasteiger charge is -2.04. The predicted molar refractivity (Wildman–Crippen MR) is 68.2 cm³/mol. The van der Waals surface area contributed by atoms with Crippen molar-refractivity contribution in [3.63, 3.8) is 0 Å². The summed E-state index contributed by atoms with van der Waals surface area (Å²) in [5, 5.41) is 8.67. The lowest BCUT2D eigenvalue weighted by atomic mass is 10.1. The van der Waals surface area contributed by atoms with Crippen LogP contribution in [0.3, 0.4) is 0 Å². The zero-order valence-corrected chi connectivity index (χ0v) is 10.1. The average molecular weight is 242 g/mol. The molecule has 0 unspecified atom stereocenters.